The van der Waals surface area contributed by atoms with E-state index in [0.717, 1.165) is 48.8 Å². The van der Waals surface area contributed by atoms with Crippen LogP contribution in [0.25, 0.3) is 5.65 Å². The van der Waals surface area contributed by atoms with Crippen LogP contribution in [0.15, 0.2) is 35.1 Å². The molecule has 7 nitrogen and oxygen atoms in total. The van der Waals surface area contributed by atoms with Crippen molar-refractivity contribution in [2.75, 3.05) is 13.1 Å². The number of nitrogens with one attached hydrogen (secondary N) is 1. The average molecular weight is 440 g/mol. The number of nitrogens with zero attached hydrogens (tertiary/aromatic N) is 4. The van der Waals surface area contributed by atoms with Gasteiger partial charge >= 0.3 is 0 Å². The van der Waals surface area contributed by atoms with E-state index in [0.29, 0.717) is 30.7 Å². The number of H-pyrrole nitrogens is 1. The molecule has 1 N–H and O–H groups in total. The molecule has 1 amide bonds. The molecular formula is C23H26ClN5O2. The summed E-state index contributed by atoms with van der Waals surface area (Å²) in [5.41, 5.74) is 4.18. The first-order valence-corrected chi connectivity index (χ1v) is 11.2. The molecule has 2 aliphatic heterocycles. The maximum atomic E-state index is 13.2. The highest BCUT2D eigenvalue weighted by Gasteiger charge is 2.28. The molecule has 2 aromatic heterocycles. The summed E-state index contributed by atoms with van der Waals surface area (Å²) in [4.78, 5) is 33.9. The molecule has 0 aliphatic carbocycles. The van der Waals surface area contributed by atoms with Gasteiger partial charge in [-0.05, 0) is 37.1 Å². The van der Waals surface area contributed by atoms with Crippen LogP contribution in [0.1, 0.15) is 54.7 Å². The summed E-state index contributed by atoms with van der Waals surface area (Å²) in [6.45, 7) is 4.29. The Morgan fingerprint density at radius 3 is 2.94 bits per heavy atom. The molecule has 5 rings (SSSR count). The summed E-state index contributed by atoms with van der Waals surface area (Å²) >= 11 is 6.18. The van der Waals surface area contributed by atoms with Crippen molar-refractivity contribution in [3.8, 4) is 0 Å². The lowest BCUT2D eigenvalue weighted by Crippen LogP contribution is -2.39. The minimum atomic E-state index is -0.102. The lowest BCUT2D eigenvalue weighted by atomic mass is 9.98. The minimum absolute atomic E-state index is 0.0128. The van der Waals surface area contributed by atoms with Crippen LogP contribution in [-0.2, 0) is 24.3 Å². The van der Waals surface area contributed by atoms with Crippen LogP contribution in [0.4, 0.5) is 0 Å². The fourth-order valence-electron chi connectivity index (χ4n) is 4.84. The average Bonchev–Trinajstić information content (AvgIpc) is 3.18. The summed E-state index contributed by atoms with van der Waals surface area (Å²) in [5, 5.41) is 4.07. The Labute approximate surface area is 185 Å². The van der Waals surface area contributed by atoms with Crippen molar-refractivity contribution < 1.29 is 4.79 Å². The van der Waals surface area contributed by atoms with Crippen LogP contribution in [0, 0.1) is 0 Å². The van der Waals surface area contributed by atoms with E-state index in [-0.39, 0.29) is 17.5 Å². The molecule has 1 saturated heterocycles. The van der Waals surface area contributed by atoms with Crippen LogP contribution in [0.5, 0.6) is 0 Å². The zero-order valence-corrected chi connectivity index (χ0v) is 18.4. The third-order valence-electron chi connectivity index (χ3n) is 6.47. The highest BCUT2D eigenvalue weighted by molar-refractivity contribution is 6.30. The van der Waals surface area contributed by atoms with Crippen molar-refractivity contribution in [2.24, 2.45) is 0 Å². The number of benzene rings is 1. The second-order valence-corrected chi connectivity index (χ2v) is 8.99. The SMILES string of the molecule is CC(=O)N1CCc2nc3cc(C4CCCCN4Cc4cccc(Cl)c4)[nH]n3c(=O)c2C1. The van der Waals surface area contributed by atoms with Crippen molar-refractivity contribution >= 4 is 23.2 Å². The summed E-state index contributed by atoms with van der Waals surface area (Å²) in [6.07, 6.45) is 3.95. The smallest absolute Gasteiger partial charge is 0.277 e. The van der Waals surface area contributed by atoms with E-state index in [2.05, 4.69) is 16.1 Å². The van der Waals surface area contributed by atoms with E-state index >= 15 is 0 Å². The van der Waals surface area contributed by atoms with Gasteiger partial charge in [-0.15, -0.1) is 0 Å². The Hall–Kier alpha value is -2.64. The largest absolute Gasteiger partial charge is 0.338 e. The standard InChI is InChI=1S/C23H26ClN5O2/c1-15(30)27-10-8-19-18(14-27)23(31)29-22(25-19)12-20(26-29)21-7-2-3-9-28(21)13-16-5-4-6-17(24)11-16/h4-6,11-12,21,26H,2-3,7-10,13-14H2,1H3. The molecule has 1 atom stereocenters. The summed E-state index contributed by atoms with van der Waals surface area (Å²) in [6, 6.07) is 10.2. The zero-order chi connectivity index (χ0) is 21.5. The number of rotatable bonds is 3. The number of carbonyl (C=O) groups excluding carboxylic acids is 1. The van der Waals surface area contributed by atoms with E-state index in [9.17, 15) is 9.59 Å². The fraction of sp³-hybridized carbons (Fsp3) is 0.435. The third-order valence-corrected chi connectivity index (χ3v) is 6.71. The summed E-state index contributed by atoms with van der Waals surface area (Å²) in [7, 11) is 0. The van der Waals surface area contributed by atoms with E-state index in [1.165, 1.54) is 5.56 Å². The highest BCUT2D eigenvalue weighted by Crippen LogP contribution is 2.32. The van der Waals surface area contributed by atoms with E-state index in [4.69, 9.17) is 16.6 Å². The van der Waals surface area contributed by atoms with E-state index < -0.39 is 0 Å². The Morgan fingerprint density at radius 1 is 1.26 bits per heavy atom. The molecule has 4 heterocycles. The topological polar surface area (TPSA) is 73.7 Å². The molecule has 31 heavy (non-hydrogen) atoms. The van der Waals surface area contributed by atoms with Crippen molar-refractivity contribution in [1.82, 2.24) is 24.4 Å². The van der Waals surface area contributed by atoms with Crippen LogP contribution in [0.2, 0.25) is 5.02 Å². The zero-order valence-electron chi connectivity index (χ0n) is 17.6. The van der Waals surface area contributed by atoms with Gasteiger partial charge < -0.3 is 4.90 Å². The number of likely N-dealkylation sites (tertiary alicyclic amines) is 1. The molecule has 2 aliphatic rings. The second kappa shape index (κ2) is 8.13. The predicted molar refractivity (Wildman–Crippen MR) is 119 cm³/mol. The van der Waals surface area contributed by atoms with Gasteiger partial charge in [0.2, 0.25) is 5.91 Å². The Morgan fingerprint density at radius 2 is 2.13 bits per heavy atom. The van der Waals surface area contributed by atoms with Gasteiger partial charge in [-0.1, -0.05) is 30.2 Å². The number of hydrogen-bond donors (Lipinski definition) is 1. The molecule has 1 aromatic carbocycles. The van der Waals surface area contributed by atoms with Gasteiger partial charge in [-0.25, -0.2) is 9.50 Å². The maximum absolute atomic E-state index is 13.2. The normalized spacial score (nSPS) is 19.5. The Kier molecular flexibility index (Phi) is 5.32. The number of aromatic nitrogens is 3. The van der Waals surface area contributed by atoms with Crippen molar-refractivity contribution in [3.63, 3.8) is 0 Å². The molecule has 0 saturated carbocycles. The van der Waals surface area contributed by atoms with E-state index in [1.807, 2.05) is 24.3 Å². The Balaban J connectivity index is 1.48. The number of aromatic amines is 1. The number of amides is 1. The van der Waals surface area contributed by atoms with E-state index in [1.54, 1.807) is 16.3 Å². The second-order valence-electron chi connectivity index (χ2n) is 8.55. The highest BCUT2D eigenvalue weighted by atomic mass is 35.5. The van der Waals surface area contributed by atoms with Gasteiger partial charge in [0.1, 0.15) is 0 Å². The molecular weight excluding hydrogens is 414 g/mol. The van der Waals surface area contributed by atoms with Crippen molar-refractivity contribution in [1.29, 1.82) is 0 Å². The molecule has 1 unspecified atom stereocenters. The first-order valence-electron chi connectivity index (χ1n) is 10.9. The van der Waals surface area contributed by atoms with Gasteiger partial charge in [0.15, 0.2) is 5.65 Å². The first-order chi connectivity index (χ1) is 15.0. The third kappa shape index (κ3) is 3.88. The first kappa shape index (κ1) is 20.3. The van der Waals surface area contributed by atoms with Gasteiger partial charge in [-0.2, -0.15) is 0 Å². The fourth-order valence-corrected chi connectivity index (χ4v) is 5.05. The van der Waals surface area contributed by atoms with Crippen LogP contribution < -0.4 is 5.56 Å². The molecule has 8 heteroatoms. The number of hydrogen-bond acceptors (Lipinski definition) is 4. The lowest BCUT2D eigenvalue weighted by Gasteiger charge is -2.35. The monoisotopic (exact) mass is 439 g/mol. The molecule has 0 spiro atoms. The number of halogens is 1. The van der Waals surface area contributed by atoms with Gasteiger partial charge in [-0.3, -0.25) is 19.6 Å². The van der Waals surface area contributed by atoms with Crippen molar-refractivity contribution in [3.05, 3.63) is 68.2 Å². The molecule has 3 aromatic rings. The van der Waals surface area contributed by atoms with Gasteiger partial charge in [0.05, 0.1) is 29.5 Å². The lowest BCUT2D eigenvalue weighted by molar-refractivity contribution is -0.129. The quantitative estimate of drug-likeness (QED) is 0.679. The number of fused-ring (bicyclic) bond motifs is 2. The number of carbonyl (C=O) groups is 1. The number of piperidine rings is 1. The summed E-state index contributed by atoms with van der Waals surface area (Å²) in [5.74, 6) is -0.0128. The molecule has 0 bridgehead atoms. The molecule has 0 radical (unpaired) electrons. The Bertz CT molecular complexity index is 1200. The molecule has 162 valence electrons. The molecule has 1 fully saturated rings. The van der Waals surface area contributed by atoms with Gasteiger partial charge in [0.25, 0.3) is 5.56 Å². The van der Waals surface area contributed by atoms with Crippen LogP contribution in [-0.4, -0.2) is 43.4 Å². The van der Waals surface area contributed by atoms with Crippen LogP contribution >= 0.6 is 11.6 Å². The van der Waals surface area contributed by atoms with Gasteiger partial charge in [0, 0.05) is 37.5 Å². The van der Waals surface area contributed by atoms with Crippen molar-refractivity contribution in [2.45, 2.75) is 51.7 Å². The summed E-state index contributed by atoms with van der Waals surface area (Å²) < 4.78 is 1.55. The van der Waals surface area contributed by atoms with Crippen LogP contribution in [0.3, 0.4) is 0 Å². The maximum Gasteiger partial charge on any atom is 0.277 e. The predicted octanol–water partition coefficient (Wildman–Crippen LogP) is 3.31. The minimum Gasteiger partial charge on any atom is -0.338 e.